The highest BCUT2D eigenvalue weighted by Gasteiger charge is 2.25. The molecule has 100 valence electrons. The number of carbonyl (C=O) groups excluding carboxylic acids is 1. The van der Waals surface area contributed by atoms with Crippen LogP contribution in [-0.2, 0) is 11.2 Å². The number of carbonyl (C=O) groups is 1. The maximum atomic E-state index is 13.3. The summed E-state index contributed by atoms with van der Waals surface area (Å²) in [5.41, 5.74) is 5.06. The minimum atomic E-state index is -0.652. The smallest absolute Gasteiger partial charge is 0.226 e. The van der Waals surface area contributed by atoms with Gasteiger partial charge in [0.25, 0.3) is 0 Å². The van der Waals surface area contributed by atoms with Crippen molar-refractivity contribution in [3.8, 4) is 0 Å². The first-order valence-electron chi connectivity index (χ1n) is 5.79. The molecule has 0 aliphatic carbocycles. The van der Waals surface area contributed by atoms with E-state index in [1.165, 1.54) is 0 Å². The molecule has 0 saturated heterocycles. The monoisotopic (exact) mass is 256 g/mol. The van der Waals surface area contributed by atoms with E-state index in [1.807, 2.05) is 0 Å². The number of benzene rings is 1. The van der Waals surface area contributed by atoms with Gasteiger partial charge in [0.2, 0.25) is 5.91 Å². The zero-order chi connectivity index (χ0) is 13.8. The van der Waals surface area contributed by atoms with E-state index in [9.17, 15) is 13.6 Å². The molecular weight excluding hydrogens is 238 g/mol. The van der Waals surface area contributed by atoms with Gasteiger partial charge in [0.15, 0.2) is 0 Å². The second kappa shape index (κ2) is 5.91. The van der Waals surface area contributed by atoms with Crippen molar-refractivity contribution in [1.29, 1.82) is 0 Å². The first-order valence-corrected chi connectivity index (χ1v) is 5.79. The van der Waals surface area contributed by atoms with E-state index in [1.54, 1.807) is 13.8 Å². The lowest BCUT2D eigenvalue weighted by atomic mass is 9.92. The Kier molecular flexibility index (Phi) is 4.78. The maximum Gasteiger partial charge on any atom is 0.226 e. The minimum Gasteiger partial charge on any atom is -0.355 e. The fourth-order valence-corrected chi connectivity index (χ4v) is 1.38. The van der Waals surface area contributed by atoms with E-state index in [2.05, 4.69) is 5.32 Å². The first kappa shape index (κ1) is 14.6. The van der Waals surface area contributed by atoms with E-state index in [-0.39, 0.29) is 31.0 Å². The molecule has 0 radical (unpaired) electrons. The van der Waals surface area contributed by atoms with Gasteiger partial charge in [-0.15, -0.1) is 0 Å². The Morgan fingerprint density at radius 2 is 2.06 bits per heavy atom. The van der Waals surface area contributed by atoms with Crippen molar-refractivity contribution in [3.05, 3.63) is 35.4 Å². The Hall–Kier alpha value is -1.49. The van der Waals surface area contributed by atoms with Crippen LogP contribution in [0, 0.1) is 17.0 Å². The summed E-state index contributed by atoms with van der Waals surface area (Å²) in [5, 5.41) is 2.66. The third kappa shape index (κ3) is 3.77. The van der Waals surface area contributed by atoms with Gasteiger partial charge in [-0.2, -0.15) is 0 Å². The van der Waals surface area contributed by atoms with Crippen molar-refractivity contribution in [3.63, 3.8) is 0 Å². The van der Waals surface area contributed by atoms with Gasteiger partial charge in [-0.1, -0.05) is 0 Å². The summed E-state index contributed by atoms with van der Waals surface area (Å²) >= 11 is 0. The summed E-state index contributed by atoms with van der Waals surface area (Å²) in [5.74, 6) is -1.15. The second-order valence-electron chi connectivity index (χ2n) is 4.83. The van der Waals surface area contributed by atoms with Crippen LogP contribution in [0.5, 0.6) is 0 Å². The molecule has 3 N–H and O–H groups in total. The van der Waals surface area contributed by atoms with Crippen molar-refractivity contribution >= 4 is 5.91 Å². The minimum absolute atomic E-state index is 0.193. The normalized spacial score (nSPS) is 11.4. The van der Waals surface area contributed by atoms with E-state index >= 15 is 0 Å². The van der Waals surface area contributed by atoms with Crippen LogP contribution < -0.4 is 11.1 Å². The molecular formula is C13H18F2N2O. The zero-order valence-electron chi connectivity index (χ0n) is 10.6. The largest absolute Gasteiger partial charge is 0.355 e. The predicted molar refractivity (Wildman–Crippen MR) is 65.9 cm³/mol. The maximum absolute atomic E-state index is 13.3. The molecule has 18 heavy (non-hydrogen) atoms. The average Bonchev–Trinajstić information content (AvgIpc) is 2.33. The molecule has 5 heteroatoms. The molecule has 0 saturated carbocycles. The van der Waals surface area contributed by atoms with Crippen LogP contribution in [0.15, 0.2) is 18.2 Å². The summed E-state index contributed by atoms with van der Waals surface area (Å²) in [6.45, 7) is 3.94. The predicted octanol–water partition coefficient (Wildman–Crippen LogP) is 1.61. The van der Waals surface area contributed by atoms with Crippen LogP contribution in [0.1, 0.15) is 19.4 Å². The Bertz CT molecular complexity index is 433. The van der Waals surface area contributed by atoms with E-state index in [0.717, 1.165) is 18.2 Å². The molecule has 0 spiro atoms. The van der Waals surface area contributed by atoms with Crippen molar-refractivity contribution in [1.82, 2.24) is 5.32 Å². The Balaban J connectivity index is 2.52. The average molecular weight is 256 g/mol. The quantitative estimate of drug-likeness (QED) is 0.841. The van der Waals surface area contributed by atoms with Gasteiger partial charge in [0.05, 0.1) is 5.41 Å². The molecule has 0 aromatic heterocycles. The summed E-state index contributed by atoms with van der Waals surface area (Å²) < 4.78 is 26.2. The van der Waals surface area contributed by atoms with Gasteiger partial charge in [0, 0.05) is 13.1 Å². The van der Waals surface area contributed by atoms with Gasteiger partial charge in [-0.05, 0) is 44.0 Å². The number of rotatable bonds is 5. The van der Waals surface area contributed by atoms with Gasteiger partial charge >= 0.3 is 0 Å². The van der Waals surface area contributed by atoms with Crippen LogP contribution in [0.3, 0.4) is 0 Å². The number of nitrogens with one attached hydrogen (secondary N) is 1. The number of halogens is 2. The van der Waals surface area contributed by atoms with Crippen LogP contribution in [0.2, 0.25) is 0 Å². The lowest BCUT2D eigenvalue weighted by molar-refractivity contribution is -0.128. The molecule has 1 aromatic rings. The van der Waals surface area contributed by atoms with Crippen molar-refractivity contribution in [2.24, 2.45) is 11.1 Å². The third-order valence-electron chi connectivity index (χ3n) is 2.81. The topological polar surface area (TPSA) is 55.1 Å². The Labute approximate surface area is 105 Å². The molecule has 3 nitrogen and oxygen atoms in total. The molecule has 0 heterocycles. The fraction of sp³-hybridized carbons (Fsp3) is 0.462. The first-order chi connectivity index (χ1) is 8.36. The molecule has 0 aliphatic rings. The molecule has 1 amide bonds. The van der Waals surface area contributed by atoms with Gasteiger partial charge in [-0.25, -0.2) is 8.78 Å². The van der Waals surface area contributed by atoms with Crippen molar-refractivity contribution in [2.45, 2.75) is 20.3 Å². The molecule has 0 atom stereocenters. The van der Waals surface area contributed by atoms with Crippen LogP contribution >= 0.6 is 0 Å². The zero-order valence-corrected chi connectivity index (χ0v) is 10.6. The van der Waals surface area contributed by atoms with E-state index < -0.39 is 17.0 Å². The number of hydrogen-bond donors (Lipinski definition) is 2. The summed E-state index contributed by atoms with van der Waals surface area (Å²) in [7, 11) is 0. The number of nitrogens with two attached hydrogens (primary N) is 1. The van der Waals surface area contributed by atoms with Crippen LogP contribution in [0.4, 0.5) is 8.78 Å². The SMILES string of the molecule is CC(C)(CN)C(=O)NCCc1cc(F)ccc1F. The highest BCUT2D eigenvalue weighted by atomic mass is 19.1. The highest BCUT2D eigenvalue weighted by molar-refractivity contribution is 5.82. The summed E-state index contributed by atoms with van der Waals surface area (Å²) in [6.07, 6.45) is 0.246. The molecule has 0 unspecified atom stereocenters. The van der Waals surface area contributed by atoms with Crippen molar-refractivity contribution < 1.29 is 13.6 Å². The molecule has 1 aromatic carbocycles. The molecule has 0 fully saturated rings. The fourth-order valence-electron chi connectivity index (χ4n) is 1.38. The van der Waals surface area contributed by atoms with Gasteiger partial charge in [0.1, 0.15) is 11.6 Å². The standard InChI is InChI=1S/C13H18F2N2O/c1-13(2,8-16)12(18)17-6-5-9-7-10(14)3-4-11(9)15/h3-4,7H,5-6,8,16H2,1-2H3,(H,17,18). The van der Waals surface area contributed by atoms with Gasteiger partial charge < -0.3 is 11.1 Å². The van der Waals surface area contributed by atoms with E-state index in [4.69, 9.17) is 5.73 Å². The molecule has 0 aliphatic heterocycles. The number of amides is 1. The van der Waals surface area contributed by atoms with Crippen molar-refractivity contribution in [2.75, 3.05) is 13.1 Å². The Morgan fingerprint density at radius 3 is 2.67 bits per heavy atom. The lowest BCUT2D eigenvalue weighted by Gasteiger charge is -2.21. The van der Waals surface area contributed by atoms with Gasteiger partial charge in [-0.3, -0.25) is 4.79 Å². The lowest BCUT2D eigenvalue weighted by Crippen LogP contribution is -2.42. The third-order valence-corrected chi connectivity index (χ3v) is 2.81. The summed E-state index contributed by atoms with van der Waals surface area (Å²) in [6, 6.07) is 3.28. The molecule has 0 bridgehead atoms. The highest BCUT2D eigenvalue weighted by Crippen LogP contribution is 2.13. The van der Waals surface area contributed by atoms with E-state index in [0.29, 0.717) is 0 Å². The molecule has 1 rings (SSSR count). The Morgan fingerprint density at radius 1 is 1.39 bits per heavy atom. The van der Waals surface area contributed by atoms with Crippen LogP contribution in [-0.4, -0.2) is 19.0 Å². The van der Waals surface area contributed by atoms with Crippen LogP contribution in [0.25, 0.3) is 0 Å². The summed E-state index contributed by atoms with van der Waals surface area (Å²) in [4.78, 5) is 11.7. The second-order valence-corrected chi connectivity index (χ2v) is 4.83. The number of hydrogen-bond acceptors (Lipinski definition) is 2.